The number of amides is 1. The molecule has 2 heterocycles. The summed E-state index contributed by atoms with van der Waals surface area (Å²) in [7, 11) is 0. The molecule has 1 aliphatic heterocycles. The first-order valence-corrected chi connectivity index (χ1v) is 9.38. The smallest absolute Gasteiger partial charge is 0.253 e. The van der Waals surface area contributed by atoms with Gasteiger partial charge in [0.05, 0.1) is 0 Å². The maximum atomic E-state index is 13.1. The van der Waals surface area contributed by atoms with Gasteiger partial charge in [0.1, 0.15) is 10.8 Å². The molecule has 4 rings (SSSR count). The number of aromatic nitrogens is 1. The van der Waals surface area contributed by atoms with Crippen molar-refractivity contribution in [2.24, 2.45) is 0 Å². The molecule has 1 aromatic heterocycles. The first-order valence-electron chi connectivity index (χ1n) is 8.50. The summed E-state index contributed by atoms with van der Waals surface area (Å²) < 4.78 is 13.1. The van der Waals surface area contributed by atoms with Crippen LogP contribution in [0.4, 0.5) is 10.1 Å². The predicted octanol–water partition coefficient (Wildman–Crippen LogP) is 3.91. The Morgan fingerprint density at radius 2 is 1.81 bits per heavy atom. The highest BCUT2D eigenvalue weighted by Gasteiger charge is 2.22. The van der Waals surface area contributed by atoms with E-state index < -0.39 is 0 Å². The van der Waals surface area contributed by atoms with E-state index in [2.05, 4.69) is 9.88 Å². The van der Waals surface area contributed by atoms with Crippen LogP contribution in [-0.4, -0.2) is 42.0 Å². The summed E-state index contributed by atoms with van der Waals surface area (Å²) in [6.07, 6.45) is 1.77. The van der Waals surface area contributed by atoms with Gasteiger partial charge >= 0.3 is 0 Å². The van der Waals surface area contributed by atoms with Crippen LogP contribution < -0.4 is 4.90 Å². The lowest BCUT2D eigenvalue weighted by Crippen LogP contribution is -2.48. The highest BCUT2D eigenvalue weighted by Crippen LogP contribution is 2.24. The first kappa shape index (κ1) is 16.7. The van der Waals surface area contributed by atoms with E-state index in [1.54, 1.807) is 29.7 Å². The summed E-state index contributed by atoms with van der Waals surface area (Å²) in [4.78, 5) is 21.2. The fourth-order valence-corrected chi connectivity index (χ4v) is 3.79. The van der Waals surface area contributed by atoms with Crippen LogP contribution in [-0.2, 0) is 0 Å². The molecule has 3 aromatic rings. The van der Waals surface area contributed by atoms with Crippen LogP contribution in [0.1, 0.15) is 10.4 Å². The van der Waals surface area contributed by atoms with E-state index in [9.17, 15) is 9.18 Å². The summed E-state index contributed by atoms with van der Waals surface area (Å²) in [6, 6.07) is 14.1. The molecule has 2 aromatic carbocycles. The fraction of sp³-hybridized carbons (Fsp3) is 0.200. The monoisotopic (exact) mass is 367 g/mol. The van der Waals surface area contributed by atoms with Crippen molar-refractivity contribution in [2.45, 2.75) is 0 Å². The van der Waals surface area contributed by atoms with Gasteiger partial charge in [-0.1, -0.05) is 12.1 Å². The van der Waals surface area contributed by atoms with E-state index in [0.29, 0.717) is 18.7 Å². The molecule has 0 spiro atoms. The largest absolute Gasteiger partial charge is 0.368 e. The Labute approximate surface area is 155 Å². The van der Waals surface area contributed by atoms with Crippen LogP contribution in [0.2, 0.25) is 0 Å². The number of carbonyl (C=O) groups excluding carboxylic acids is 1. The van der Waals surface area contributed by atoms with Crippen molar-refractivity contribution in [3.63, 3.8) is 0 Å². The molecule has 1 aliphatic rings. The fourth-order valence-electron chi connectivity index (χ4n) is 3.15. The van der Waals surface area contributed by atoms with Crippen molar-refractivity contribution in [3.05, 3.63) is 71.5 Å². The van der Waals surface area contributed by atoms with E-state index in [1.165, 1.54) is 12.1 Å². The summed E-state index contributed by atoms with van der Waals surface area (Å²) in [5.74, 6) is -0.190. The van der Waals surface area contributed by atoms with Crippen LogP contribution in [0.25, 0.3) is 10.6 Å². The zero-order chi connectivity index (χ0) is 17.9. The van der Waals surface area contributed by atoms with Gasteiger partial charge in [0.25, 0.3) is 5.91 Å². The molecule has 0 unspecified atom stereocenters. The molecule has 0 saturated carbocycles. The Kier molecular flexibility index (Phi) is 4.67. The van der Waals surface area contributed by atoms with Gasteiger partial charge in [-0.05, 0) is 36.4 Å². The second kappa shape index (κ2) is 7.25. The molecule has 4 nitrogen and oxygen atoms in total. The highest BCUT2D eigenvalue weighted by molar-refractivity contribution is 7.13. The predicted molar refractivity (Wildman–Crippen MR) is 102 cm³/mol. The molecular weight excluding hydrogens is 349 g/mol. The highest BCUT2D eigenvalue weighted by atomic mass is 32.1. The average molecular weight is 367 g/mol. The number of halogens is 1. The Hall–Kier alpha value is -2.73. The van der Waals surface area contributed by atoms with Gasteiger partial charge in [0.2, 0.25) is 0 Å². The molecule has 1 fully saturated rings. The number of piperazine rings is 1. The molecule has 0 atom stereocenters. The molecular formula is C20H18FN3OS. The van der Waals surface area contributed by atoms with Gasteiger partial charge < -0.3 is 9.80 Å². The third-order valence-corrected chi connectivity index (χ3v) is 5.37. The SMILES string of the molecule is O=C(c1cccc(-c2nccs2)c1)N1CCN(c2ccc(F)cc2)CC1. The molecule has 0 aliphatic carbocycles. The van der Waals surface area contributed by atoms with Crippen molar-refractivity contribution in [2.75, 3.05) is 31.1 Å². The van der Waals surface area contributed by atoms with Crippen LogP contribution >= 0.6 is 11.3 Å². The molecule has 6 heteroatoms. The van der Waals surface area contributed by atoms with Crippen LogP contribution in [0, 0.1) is 5.82 Å². The quantitative estimate of drug-likeness (QED) is 0.704. The number of thiazole rings is 1. The maximum Gasteiger partial charge on any atom is 0.253 e. The second-order valence-corrected chi connectivity index (χ2v) is 7.07. The average Bonchev–Trinajstić information content (AvgIpc) is 3.23. The first-order chi connectivity index (χ1) is 12.7. The van der Waals surface area contributed by atoms with Gasteiger partial charge in [-0.15, -0.1) is 11.3 Å². The number of hydrogen-bond acceptors (Lipinski definition) is 4. The lowest BCUT2D eigenvalue weighted by atomic mass is 10.1. The van der Waals surface area contributed by atoms with Crippen molar-refractivity contribution in [1.29, 1.82) is 0 Å². The molecule has 0 radical (unpaired) electrons. The molecule has 132 valence electrons. The molecule has 0 N–H and O–H groups in total. The van der Waals surface area contributed by atoms with Gasteiger partial charge in [-0.25, -0.2) is 9.37 Å². The Balaban J connectivity index is 1.44. The van der Waals surface area contributed by atoms with E-state index in [1.807, 2.05) is 34.5 Å². The van der Waals surface area contributed by atoms with Gasteiger partial charge in [-0.2, -0.15) is 0 Å². The number of carbonyl (C=O) groups is 1. The summed E-state index contributed by atoms with van der Waals surface area (Å²) in [5.41, 5.74) is 2.65. The summed E-state index contributed by atoms with van der Waals surface area (Å²) in [5, 5.41) is 2.85. The van der Waals surface area contributed by atoms with E-state index >= 15 is 0 Å². The number of rotatable bonds is 3. The van der Waals surface area contributed by atoms with Crippen LogP contribution in [0.3, 0.4) is 0 Å². The number of nitrogens with zero attached hydrogens (tertiary/aromatic N) is 3. The number of benzene rings is 2. The van der Waals surface area contributed by atoms with Gasteiger partial charge in [0, 0.05) is 54.6 Å². The van der Waals surface area contributed by atoms with Gasteiger partial charge in [0.15, 0.2) is 0 Å². The maximum absolute atomic E-state index is 13.1. The van der Waals surface area contributed by atoms with Crippen molar-refractivity contribution in [3.8, 4) is 10.6 Å². The standard InChI is InChI=1S/C20H18FN3OS/c21-17-4-6-18(7-5-17)23-9-11-24(12-10-23)20(25)16-3-1-2-15(14-16)19-22-8-13-26-19/h1-8,13-14H,9-12H2. The third kappa shape index (κ3) is 3.46. The Morgan fingerprint density at radius 3 is 2.50 bits per heavy atom. The molecule has 1 amide bonds. The van der Waals surface area contributed by atoms with E-state index in [-0.39, 0.29) is 11.7 Å². The zero-order valence-corrected chi connectivity index (χ0v) is 15.0. The topological polar surface area (TPSA) is 36.4 Å². The van der Waals surface area contributed by atoms with Crippen molar-refractivity contribution in [1.82, 2.24) is 9.88 Å². The van der Waals surface area contributed by atoms with E-state index in [0.717, 1.165) is 29.3 Å². The summed E-state index contributed by atoms with van der Waals surface area (Å²) >= 11 is 1.56. The second-order valence-electron chi connectivity index (χ2n) is 6.17. The van der Waals surface area contributed by atoms with Gasteiger partial charge in [-0.3, -0.25) is 4.79 Å². The van der Waals surface area contributed by atoms with Crippen molar-refractivity contribution >= 4 is 22.9 Å². The lowest BCUT2D eigenvalue weighted by molar-refractivity contribution is 0.0747. The molecule has 1 saturated heterocycles. The van der Waals surface area contributed by atoms with Crippen LogP contribution in [0.15, 0.2) is 60.1 Å². The Bertz CT molecular complexity index is 888. The third-order valence-electron chi connectivity index (χ3n) is 4.55. The van der Waals surface area contributed by atoms with E-state index in [4.69, 9.17) is 0 Å². The number of hydrogen-bond donors (Lipinski definition) is 0. The summed E-state index contributed by atoms with van der Waals surface area (Å²) in [6.45, 7) is 2.78. The molecule has 26 heavy (non-hydrogen) atoms. The lowest BCUT2D eigenvalue weighted by Gasteiger charge is -2.36. The Morgan fingerprint density at radius 1 is 1.04 bits per heavy atom. The normalized spacial score (nSPS) is 14.5. The number of anilines is 1. The molecule has 0 bridgehead atoms. The minimum absolute atomic E-state index is 0.0437. The zero-order valence-electron chi connectivity index (χ0n) is 14.1. The van der Waals surface area contributed by atoms with Crippen molar-refractivity contribution < 1.29 is 9.18 Å². The minimum Gasteiger partial charge on any atom is -0.368 e. The van der Waals surface area contributed by atoms with Crippen LogP contribution in [0.5, 0.6) is 0 Å². The minimum atomic E-state index is -0.234.